The summed E-state index contributed by atoms with van der Waals surface area (Å²) in [5, 5.41) is 3.80. The molecule has 26 heavy (non-hydrogen) atoms. The summed E-state index contributed by atoms with van der Waals surface area (Å²) in [7, 11) is 1.96. The van der Waals surface area contributed by atoms with E-state index in [1.807, 2.05) is 78.7 Å². The summed E-state index contributed by atoms with van der Waals surface area (Å²) in [6, 6.07) is 15.8. The van der Waals surface area contributed by atoms with E-state index in [-0.39, 0.29) is 5.91 Å². The normalized spacial score (nSPS) is 11.0. The molecule has 2 aromatic carbocycles. The van der Waals surface area contributed by atoms with Gasteiger partial charge in [-0.1, -0.05) is 23.9 Å². The van der Waals surface area contributed by atoms with E-state index in [0.717, 1.165) is 21.3 Å². The van der Waals surface area contributed by atoms with Gasteiger partial charge < -0.3 is 9.88 Å². The molecule has 1 heterocycles. The van der Waals surface area contributed by atoms with E-state index in [2.05, 4.69) is 10.3 Å². The number of imidazole rings is 1. The minimum atomic E-state index is -0.150. The number of carbonyl (C=O) groups excluding carboxylic acids is 1. The van der Waals surface area contributed by atoms with E-state index in [1.54, 1.807) is 35.8 Å². The molecule has 0 aliphatic carbocycles. The van der Waals surface area contributed by atoms with Gasteiger partial charge in [0, 0.05) is 41.0 Å². The zero-order valence-electron chi connectivity index (χ0n) is 14.5. The van der Waals surface area contributed by atoms with Gasteiger partial charge in [0.25, 0.3) is 0 Å². The van der Waals surface area contributed by atoms with Crippen molar-refractivity contribution in [1.29, 1.82) is 0 Å². The largest absolute Gasteiger partial charge is 0.329 e. The maximum atomic E-state index is 12.1. The molecule has 3 rings (SSSR count). The van der Waals surface area contributed by atoms with Crippen LogP contribution in [0.5, 0.6) is 0 Å². The molecule has 1 amide bonds. The van der Waals surface area contributed by atoms with Gasteiger partial charge in [0.2, 0.25) is 5.91 Å². The number of thioether (sulfide) groups is 1. The van der Waals surface area contributed by atoms with Crippen molar-refractivity contribution in [3.8, 4) is 0 Å². The molecular weight excluding hydrogens is 362 g/mol. The van der Waals surface area contributed by atoms with Crippen LogP contribution in [0.1, 0.15) is 5.56 Å². The Hall–Kier alpha value is -2.44. The Labute approximate surface area is 161 Å². The molecule has 1 aromatic heterocycles. The fraction of sp³-hybridized carbons (Fsp3) is 0.100. The van der Waals surface area contributed by atoms with Gasteiger partial charge in [-0.15, -0.1) is 11.8 Å². The third kappa shape index (κ3) is 5.03. The van der Waals surface area contributed by atoms with Crippen LogP contribution in [-0.2, 0) is 11.8 Å². The van der Waals surface area contributed by atoms with Gasteiger partial charge in [0.05, 0.1) is 0 Å². The fourth-order valence-electron chi connectivity index (χ4n) is 2.23. The molecule has 0 unspecified atom stereocenters. The van der Waals surface area contributed by atoms with Crippen LogP contribution in [-0.4, -0.2) is 21.7 Å². The van der Waals surface area contributed by atoms with E-state index in [1.165, 1.54) is 4.90 Å². The van der Waals surface area contributed by atoms with Crippen molar-refractivity contribution in [2.75, 3.05) is 11.6 Å². The second-order valence-electron chi connectivity index (χ2n) is 5.54. The van der Waals surface area contributed by atoms with E-state index in [9.17, 15) is 4.79 Å². The third-order valence-electron chi connectivity index (χ3n) is 3.65. The number of nitrogens with zero attached hydrogens (tertiary/aromatic N) is 2. The van der Waals surface area contributed by atoms with Crippen molar-refractivity contribution < 1.29 is 4.79 Å². The average molecular weight is 382 g/mol. The van der Waals surface area contributed by atoms with E-state index < -0.39 is 0 Å². The van der Waals surface area contributed by atoms with Crippen LogP contribution < -0.4 is 5.32 Å². The lowest BCUT2D eigenvalue weighted by atomic mass is 10.2. The van der Waals surface area contributed by atoms with Crippen molar-refractivity contribution in [1.82, 2.24) is 9.55 Å². The van der Waals surface area contributed by atoms with E-state index in [4.69, 9.17) is 0 Å². The van der Waals surface area contributed by atoms with Gasteiger partial charge in [-0.25, -0.2) is 4.98 Å². The highest BCUT2D eigenvalue weighted by Crippen LogP contribution is 2.26. The lowest BCUT2D eigenvalue weighted by molar-refractivity contribution is -0.111. The zero-order chi connectivity index (χ0) is 18.4. The van der Waals surface area contributed by atoms with Gasteiger partial charge in [-0.3, -0.25) is 4.79 Å². The van der Waals surface area contributed by atoms with Crippen LogP contribution in [0, 0.1) is 0 Å². The molecule has 0 aliphatic heterocycles. The quantitative estimate of drug-likeness (QED) is 0.485. The first-order chi connectivity index (χ1) is 12.6. The molecule has 3 aromatic rings. The zero-order valence-corrected chi connectivity index (χ0v) is 16.2. The maximum absolute atomic E-state index is 12.1. The molecule has 0 aliphatic rings. The predicted molar refractivity (Wildman–Crippen MR) is 110 cm³/mol. The Morgan fingerprint density at radius 2 is 1.77 bits per heavy atom. The number of hydrogen-bond acceptors (Lipinski definition) is 4. The highest BCUT2D eigenvalue weighted by atomic mass is 32.2. The highest BCUT2D eigenvalue weighted by Gasteiger charge is 2.03. The molecular formula is C20H19N3OS2. The summed E-state index contributed by atoms with van der Waals surface area (Å²) >= 11 is 3.28. The van der Waals surface area contributed by atoms with Gasteiger partial charge in [-0.2, -0.15) is 0 Å². The molecule has 0 radical (unpaired) electrons. The fourth-order valence-corrected chi connectivity index (χ4v) is 3.44. The van der Waals surface area contributed by atoms with Crippen molar-refractivity contribution in [3.05, 3.63) is 72.6 Å². The SMILES string of the molecule is CSc1ccc(/C=C/C(=O)Nc2ccc(Sc3nccn3C)cc2)cc1. The lowest BCUT2D eigenvalue weighted by Gasteiger charge is -2.05. The number of amides is 1. The molecule has 6 heteroatoms. The van der Waals surface area contributed by atoms with Crippen LogP contribution in [0.4, 0.5) is 5.69 Å². The Morgan fingerprint density at radius 1 is 1.08 bits per heavy atom. The Bertz CT molecular complexity index is 900. The summed E-state index contributed by atoms with van der Waals surface area (Å²) in [6.45, 7) is 0. The van der Waals surface area contributed by atoms with Crippen molar-refractivity contribution in [2.45, 2.75) is 14.9 Å². The molecule has 0 fully saturated rings. The number of nitrogens with one attached hydrogen (secondary N) is 1. The van der Waals surface area contributed by atoms with Gasteiger partial charge in [0.15, 0.2) is 5.16 Å². The first-order valence-corrected chi connectivity index (χ1v) is 10.1. The standard InChI is InChI=1S/C20H19N3OS2/c1-23-14-13-21-20(23)26-18-10-6-16(7-11-18)22-19(24)12-5-15-3-8-17(25-2)9-4-15/h3-14H,1-2H3,(H,22,24)/b12-5+. The number of benzene rings is 2. The van der Waals surface area contributed by atoms with Crippen LogP contribution in [0.15, 0.2) is 81.9 Å². The molecule has 0 bridgehead atoms. The maximum Gasteiger partial charge on any atom is 0.248 e. The Balaban J connectivity index is 1.57. The van der Waals surface area contributed by atoms with Crippen molar-refractivity contribution >= 4 is 41.2 Å². The Kier molecular flexibility index (Phi) is 6.20. The van der Waals surface area contributed by atoms with Gasteiger partial charge >= 0.3 is 0 Å². The number of hydrogen-bond donors (Lipinski definition) is 1. The third-order valence-corrected chi connectivity index (χ3v) is 5.48. The summed E-state index contributed by atoms with van der Waals surface area (Å²) in [4.78, 5) is 18.6. The summed E-state index contributed by atoms with van der Waals surface area (Å²) in [6.07, 6.45) is 9.09. The predicted octanol–water partition coefficient (Wildman–Crippen LogP) is 4.95. The molecule has 132 valence electrons. The molecule has 0 atom stereocenters. The van der Waals surface area contributed by atoms with Crippen LogP contribution >= 0.6 is 23.5 Å². The first-order valence-electron chi connectivity index (χ1n) is 8.02. The number of rotatable bonds is 6. The minimum absolute atomic E-state index is 0.150. The van der Waals surface area contributed by atoms with Crippen molar-refractivity contribution in [3.63, 3.8) is 0 Å². The van der Waals surface area contributed by atoms with E-state index >= 15 is 0 Å². The van der Waals surface area contributed by atoms with Crippen LogP contribution in [0.25, 0.3) is 6.08 Å². The average Bonchev–Trinajstić information content (AvgIpc) is 3.07. The molecule has 0 saturated carbocycles. The van der Waals surface area contributed by atoms with Crippen LogP contribution in [0.3, 0.4) is 0 Å². The summed E-state index contributed by atoms with van der Waals surface area (Å²) in [5.41, 5.74) is 1.77. The monoisotopic (exact) mass is 381 g/mol. The van der Waals surface area contributed by atoms with E-state index in [0.29, 0.717) is 0 Å². The first kappa shape index (κ1) is 18.4. The number of aromatic nitrogens is 2. The topological polar surface area (TPSA) is 46.9 Å². The lowest BCUT2D eigenvalue weighted by Crippen LogP contribution is -2.07. The number of anilines is 1. The molecule has 0 spiro atoms. The number of carbonyl (C=O) groups is 1. The van der Waals surface area contributed by atoms with Crippen LogP contribution in [0.2, 0.25) is 0 Å². The summed E-state index contributed by atoms with van der Waals surface area (Å²) < 4.78 is 1.97. The second-order valence-corrected chi connectivity index (χ2v) is 7.46. The molecule has 0 saturated heterocycles. The minimum Gasteiger partial charge on any atom is -0.329 e. The molecule has 1 N–H and O–H groups in total. The van der Waals surface area contributed by atoms with Crippen molar-refractivity contribution in [2.24, 2.45) is 7.05 Å². The van der Waals surface area contributed by atoms with Gasteiger partial charge in [0.1, 0.15) is 0 Å². The van der Waals surface area contributed by atoms with Gasteiger partial charge in [-0.05, 0) is 54.3 Å². The second kappa shape index (κ2) is 8.78. The summed E-state index contributed by atoms with van der Waals surface area (Å²) in [5.74, 6) is -0.150. The Morgan fingerprint density at radius 3 is 2.38 bits per heavy atom. The smallest absolute Gasteiger partial charge is 0.248 e. The highest BCUT2D eigenvalue weighted by molar-refractivity contribution is 7.99. The number of aryl methyl sites for hydroxylation is 1. The molecule has 4 nitrogen and oxygen atoms in total.